The minimum Gasteiger partial charge on any atom is -0.325 e. The molecule has 2 fully saturated rings. The third-order valence-electron chi connectivity index (χ3n) is 4.12. The van der Waals surface area contributed by atoms with E-state index in [0.29, 0.717) is 6.04 Å². The first-order valence-corrected chi connectivity index (χ1v) is 6.92. The van der Waals surface area contributed by atoms with Crippen LogP contribution in [0.3, 0.4) is 0 Å². The summed E-state index contributed by atoms with van der Waals surface area (Å²) in [7, 11) is 1.96. The van der Waals surface area contributed by atoms with Crippen molar-refractivity contribution in [2.24, 2.45) is 5.92 Å². The van der Waals surface area contributed by atoms with E-state index in [-0.39, 0.29) is 6.03 Å². The number of likely N-dealkylation sites (N-methyl/N-ethyl adjacent to an activating group) is 1. The van der Waals surface area contributed by atoms with Crippen LogP contribution >= 0.6 is 0 Å². The Kier molecular flexibility index (Phi) is 4.26. The Balaban J connectivity index is 1.90. The minimum atomic E-state index is 0.273. The van der Waals surface area contributed by atoms with E-state index in [1.807, 2.05) is 11.9 Å². The lowest BCUT2D eigenvalue weighted by Gasteiger charge is -2.35. The van der Waals surface area contributed by atoms with Crippen LogP contribution in [0.15, 0.2) is 0 Å². The number of hydrogen-bond acceptors (Lipinski definition) is 2. The molecule has 4 heteroatoms. The van der Waals surface area contributed by atoms with Crippen molar-refractivity contribution in [2.45, 2.75) is 38.6 Å². The highest BCUT2D eigenvalue weighted by molar-refractivity contribution is 5.75. The molecule has 0 bridgehead atoms. The van der Waals surface area contributed by atoms with Gasteiger partial charge in [-0.15, -0.1) is 0 Å². The molecule has 0 radical (unpaired) electrons. The molecule has 4 nitrogen and oxygen atoms in total. The highest BCUT2D eigenvalue weighted by Crippen LogP contribution is 2.22. The number of carbonyl (C=O) groups is 1. The van der Waals surface area contributed by atoms with E-state index in [4.69, 9.17) is 0 Å². The van der Waals surface area contributed by atoms with Gasteiger partial charge in [0.1, 0.15) is 0 Å². The molecular weight excluding hydrogens is 214 g/mol. The predicted octanol–water partition coefficient (Wildman–Crippen LogP) is 1.52. The summed E-state index contributed by atoms with van der Waals surface area (Å²) in [6.07, 6.45) is 4.63. The van der Waals surface area contributed by atoms with Gasteiger partial charge < -0.3 is 15.1 Å². The number of amides is 2. The van der Waals surface area contributed by atoms with E-state index < -0.39 is 0 Å². The Morgan fingerprint density at radius 1 is 1.24 bits per heavy atom. The zero-order chi connectivity index (χ0) is 12.3. The van der Waals surface area contributed by atoms with Gasteiger partial charge in [-0.1, -0.05) is 6.92 Å². The monoisotopic (exact) mass is 239 g/mol. The van der Waals surface area contributed by atoms with Crippen LogP contribution < -0.4 is 5.32 Å². The number of nitrogens with zero attached hydrogens (tertiary/aromatic N) is 2. The van der Waals surface area contributed by atoms with Gasteiger partial charge in [0.2, 0.25) is 0 Å². The molecule has 0 aliphatic carbocycles. The molecule has 17 heavy (non-hydrogen) atoms. The third-order valence-corrected chi connectivity index (χ3v) is 4.12. The fourth-order valence-electron chi connectivity index (χ4n) is 2.92. The van der Waals surface area contributed by atoms with Gasteiger partial charge in [0.25, 0.3) is 0 Å². The number of carbonyl (C=O) groups excluding carboxylic acids is 1. The van der Waals surface area contributed by atoms with Crippen molar-refractivity contribution in [2.75, 3.05) is 33.2 Å². The summed E-state index contributed by atoms with van der Waals surface area (Å²) in [5, 5.41) is 3.19. The van der Waals surface area contributed by atoms with Gasteiger partial charge in [0.05, 0.1) is 0 Å². The van der Waals surface area contributed by atoms with Gasteiger partial charge in [0.15, 0.2) is 0 Å². The van der Waals surface area contributed by atoms with Gasteiger partial charge in [0, 0.05) is 32.2 Å². The molecule has 0 spiro atoms. The van der Waals surface area contributed by atoms with Gasteiger partial charge in [-0.3, -0.25) is 0 Å². The molecule has 0 aromatic carbocycles. The fourth-order valence-corrected chi connectivity index (χ4v) is 2.92. The number of rotatable bonds is 2. The van der Waals surface area contributed by atoms with Crippen LogP contribution in [0.25, 0.3) is 0 Å². The fraction of sp³-hybridized carbons (Fsp3) is 0.923. The molecule has 0 aromatic heterocycles. The van der Waals surface area contributed by atoms with Gasteiger partial charge >= 0.3 is 6.03 Å². The lowest BCUT2D eigenvalue weighted by Crippen LogP contribution is -2.50. The lowest BCUT2D eigenvalue weighted by atomic mass is 9.99. The van der Waals surface area contributed by atoms with Crippen LogP contribution in [0.4, 0.5) is 4.79 Å². The average molecular weight is 239 g/mol. The Labute approximate surface area is 104 Å². The van der Waals surface area contributed by atoms with Crippen LogP contribution in [-0.2, 0) is 0 Å². The van der Waals surface area contributed by atoms with Crippen LogP contribution in [0.1, 0.15) is 32.6 Å². The van der Waals surface area contributed by atoms with Crippen LogP contribution in [0.5, 0.6) is 0 Å². The van der Waals surface area contributed by atoms with E-state index in [9.17, 15) is 4.79 Å². The topological polar surface area (TPSA) is 35.6 Å². The molecule has 0 saturated carbocycles. The Bertz CT molecular complexity index is 261. The summed E-state index contributed by atoms with van der Waals surface area (Å²) < 4.78 is 0. The maximum Gasteiger partial charge on any atom is 0.320 e. The van der Waals surface area contributed by atoms with Gasteiger partial charge in [-0.25, -0.2) is 4.79 Å². The highest BCUT2D eigenvalue weighted by Gasteiger charge is 2.32. The average Bonchev–Trinajstić information content (AvgIpc) is 2.78. The molecule has 0 aromatic rings. The number of hydrogen-bond donors (Lipinski definition) is 1. The largest absolute Gasteiger partial charge is 0.325 e. The van der Waals surface area contributed by atoms with Crippen LogP contribution in [0.2, 0.25) is 0 Å². The molecule has 2 saturated heterocycles. The highest BCUT2D eigenvalue weighted by atomic mass is 16.2. The molecule has 2 rings (SSSR count). The SMILES string of the molecule is CNCC1CCCN1C(=O)N1CCC(C)CC1. The van der Waals surface area contributed by atoms with Crippen molar-refractivity contribution < 1.29 is 4.79 Å². The molecular formula is C13H25N3O. The molecule has 1 N–H and O–H groups in total. The lowest BCUT2D eigenvalue weighted by molar-refractivity contribution is 0.130. The third kappa shape index (κ3) is 2.92. The molecule has 1 atom stereocenters. The van der Waals surface area contributed by atoms with Crippen LogP contribution in [-0.4, -0.2) is 55.1 Å². The molecule has 2 heterocycles. The second kappa shape index (κ2) is 5.71. The molecule has 2 aliphatic rings. The smallest absolute Gasteiger partial charge is 0.320 e. The number of piperidine rings is 1. The quantitative estimate of drug-likeness (QED) is 0.793. The van der Waals surface area contributed by atoms with Crippen molar-refractivity contribution in [3.63, 3.8) is 0 Å². The van der Waals surface area contributed by atoms with Gasteiger partial charge in [-0.05, 0) is 38.6 Å². The zero-order valence-corrected chi connectivity index (χ0v) is 11.1. The molecule has 1 unspecified atom stereocenters. The summed E-state index contributed by atoms with van der Waals surface area (Å²) in [5.41, 5.74) is 0. The normalized spacial score (nSPS) is 26.6. The summed E-state index contributed by atoms with van der Waals surface area (Å²) >= 11 is 0. The Morgan fingerprint density at radius 2 is 1.94 bits per heavy atom. The van der Waals surface area contributed by atoms with E-state index in [1.165, 1.54) is 0 Å². The maximum atomic E-state index is 12.4. The summed E-state index contributed by atoms with van der Waals surface area (Å²) in [5.74, 6) is 0.783. The number of urea groups is 1. The van der Waals surface area contributed by atoms with Crippen molar-refractivity contribution in [1.82, 2.24) is 15.1 Å². The second-order valence-electron chi connectivity index (χ2n) is 5.50. The minimum absolute atomic E-state index is 0.273. The van der Waals surface area contributed by atoms with Crippen molar-refractivity contribution in [3.05, 3.63) is 0 Å². The first-order chi connectivity index (χ1) is 8.22. The van der Waals surface area contributed by atoms with Crippen molar-refractivity contribution >= 4 is 6.03 Å². The van der Waals surface area contributed by atoms with E-state index >= 15 is 0 Å². The summed E-state index contributed by atoms with van der Waals surface area (Å²) in [4.78, 5) is 16.5. The summed E-state index contributed by atoms with van der Waals surface area (Å²) in [6.45, 7) is 6.04. The van der Waals surface area contributed by atoms with Crippen molar-refractivity contribution in [1.29, 1.82) is 0 Å². The van der Waals surface area contributed by atoms with Crippen molar-refractivity contribution in [3.8, 4) is 0 Å². The van der Waals surface area contributed by atoms with E-state index in [1.54, 1.807) is 0 Å². The summed E-state index contributed by atoms with van der Waals surface area (Å²) in [6, 6.07) is 0.682. The molecule has 2 aliphatic heterocycles. The number of nitrogens with one attached hydrogen (secondary N) is 1. The first kappa shape index (κ1) is 12.7. The predicted molar refractivity (Wildman–Crippen MR) is 69.0 cm³/mol. The van der Waals surface area contributed by atoms with Crippen LogP contribution in [0, 0.1) is 5.92 Å². The Hall–Kier alpha value is -0.770. The zero-order valence-electron chi connectivity index (χ0n) is 11.1. The Morgan fingerprint density at radius 3 is 2.59 bits per heavy atom. The molecule has 98 valence electrons. The number of likely N-dealkylation sites (tertiary alicyclic amines) is 2. The second-order valence-corrected chi connectivity index (χ2v) is 5.50. The standard InChI is InChI=1S/C13H25N3O/c1-11-5-8-15(9-6-11)13(17)16-7-3-4-12(16)10-14-2/h11-12,14H,3-10H2,1-2H3. The maximum absolute atomic E-state index is 12.4. The molecule has 2 amide bonds. The van der Waals surface area contributed by atoms with Gasteiger partial charge in [-0.2, -0.15) is 0 Å². The van der Waals surface area contributed by atoms with E-state index in [2.05, 4.69) is 17.1 Å². The first-order valence-electron chi connectivity index (χ1n) is 6.92. The van der Waals surface area contributed by atoms with E-state index in [0.717, 1.165) is 57.8 Å².